The molecule has 21 heavy (non-hydrogen) atoms. The monoisotopic (exact) mass is 288 g/mol. The SMILES string of the molecule is O=C(Nc1ccc(O)c(F)c1)C1CNc2ccccc2O1. The summed E-state index contributed by atoms with van der Waals surface area (Å²) in [7, 11) is 0. The number of carbonyl (C=O) groups is 1. The Hall–Kier alpha value is -2.76. The molecule has 108 valence electrons. The molecule has 0 saturated carbocycles. The molecule has 5 nitrogen and oxygen atoms in total. The van der Waals surface area contributed by atoms with Crippen LogP contribution in [0.1, 0.15) is 0 Å². The lowest BCUT2D eigenvalue weighted by molar-refractivity contribution is -0.122. The fraction of sp³-hybridized carbons (Fsp3) is 0.133. The van der Waals surface area contributed by atoms with Crippen molar-refractivity contribution in [1.29, 1.82) is 0 Å². The van der Waals surface area contributed by atoms with Crippen LogP contribution in [-0.2, 0) is 4.79 Å². The number of hydrogen-bond acceptors (Lipinski definition) is 4. The van der Waals surface area contributed by atoms with Gasteiger partial charge < -0.3 is 20.5 Å². The summed E-state index contributed by atoms with van der Waals surface area (Å²) in [5.74, 6) is -1.04. The zero-order valence-corrected chi connectivity index (χ0v) is 11.0. The fourth-order valence-electron chi connectivity index (χ4n) is 2.07. The number of halogens is 1. The number of nitrogens with one attached hydrogen (secondary N) is 2. The van der Waals surface area contributed by atoms with E-state index in [4.69, 9.17) is 9.84 Å². The molecule has 0 aliphatic carbocycles. The Kier molecular flexibility index (Phi) is 3.35. The van der Waals surface area contributed by atoms with Crippen molar-refractivity contribution in [2.24, 2.45) is 0 Å². The number of anilines is 2. The lowest BCUT2D eigenvalue weighted by atomic mass is 10.2. The van der Waals surface area contributed by atoms with Crippen molar-refractivity contribution in [3.63, 3.8) is 0 Å². The van der Waals surface area contributed by atoms with Crippen LogP contribution in [0.5, 0.6) is 11.5 Å². The molecule has 1 amide bonds. The molecule has 2 aromatic rings. The Morgan fingerprint density at radius 2 is 2.14 bits per heavy atom. The third kappa shape index (κ3) is 2.74. The van der Waals surface area contributed by atoms with Crippen LogP contribution in [0.4, 0.5) is 15.8 Å². The van der Waals surface area contributed by atoms with E-state index in [1.807, 2.05) is 18.2 Å². The Morgan fingerprint density at radius 3 is 2.95 bits per heavy atom. The molecule has 6 heteroatoms. The van der Waals surface area contributed by atoms with Crippen molar-refractivity contribution in [2.75, 3.05) is 17.2 Å². The predicted octanol–water partition coefficient (Wildman–Crippen LogP) is 2.34. The minimum absolute atomic E-state index is 0.262. The lowest BCUT2D eigenvalue weighted by Gasteiger charge is -2.26. The van der Waals surface area contributed by atoms with Crippen molar-refractivity contribution < 1.29 is 19.0 Å². The van der Waals surface area contributed by atoms with Gasteiger partial charge in [0.25, 0.3) is 5.91 Å². The van der Waals surface area contributed by atoms with Crippen LogP contribution >= 0.6 is 0 Å². The van der Waals surface area contributed by atoms with E-state index < -0.39 is 17.7 Å². The first kappa shape index (κ1) is 13.2. The van der Waals surface area contributed by atoms with E-state index >= 15 is 0 Å². The summed E-state index contributed by atoms with van der Waals surface area (Å²) in [5, 5.41) is 14.8. The molecule has 0 fully saturated rings. The lowest BCUT2D eigenvalue weighted by Crippen LogP contribution is -2.41. The summed E-state index contributed by atoms with van der Waals surface area (Å²) in [5.41, 5.74) is 1.09. The van der Waals surface area contributed by atoms with E-state index in [1.54, 1.807) is 6.07 Å². The number of hydrogen-bond donors (Lipinski definition) is 3. The third-order valence-corrected chi connectivity index (χ3v) is 3.14. The van der Waals surface area contributed by atoms with Gasteiger partial charge >= 0.3 is 0 Å². The highest BCUT2D eigenvalue weighted by atomic mass is 19.1. The number of para-hydroxylation sites is 2. The molecule has 0 radical (unpaired) electrons. The van der Waals surface area contributed by atoms with E-state index in [2.05, 4.69) is 10.6 Å². The summed E-state index contributed by atoms with van der Waals surface area (Å²) in [6.07, 6.45) is -0.711. The van der Waals surface area contributed by atoms with Gasteiger partial charge in [0, 0.05) is 11.8 Å². The van der Waals surface area contributed by atoms with Gasteiger partial charge in [0.2, 0.25) is 0 Å². The second-order valence-electron chi connectivity index (χ2n) is 4.64. The van der Waals surface area contributed by atoms with E-state index in [0.29, 0.717) is 12.3 Å². The molecule has 1 atom stereocenters. The number of phenolic OH excluding ortho intramolecular Hbond substituents is 1. The molecular formula is C15H13FN2O3. The highest BCUT2D eigenvalue weighted by molar-refractivity contribution is 5.95. The smallest absolute Gasteiger partial charge is 0.267 e. The summed E-state index contributed by atoms with van der Waals surface area (Å²) >= 11 is 0. The fourth-order valence-corrected chi connectivity index (χ4v) is 2.07. The molecular weight excluding hydrogens is 275 g/mol. The van der Waals surface area contributed by atoms with Gasteiger partial charge in [0.15, 0.2) is 17.7 Å². The molecule has 3 rings (SSSR count). The zero-order chi connectivity index (χ0) is 14.8. The number of aromatic hydroxyl groups is 1. The first-order valence-corrected chi connectivity index (χ1v) is 6.42. The highest BCUT2D eigenvalue weighted by Crippen LogP contribution is 2.28. The number of carbonyl (C=O) groups excluding carboxylic acids is 1. The molecule has 2 aromatic carbocycles. The van der Waals surface area contributed by atoms with Crippen LogP contribution in [0.3, 0.4) is 0 Å². The Labute approximate surface area is 120 Å². The van der Waals surface area contributed by atoms with Crippen LogP contribution in [0.15, 0.2) is 42.5 Å². The highest BCUT2D eigenvalue weighted by Gasteiger charge is 2.25. The summed E-state index contributed by atoms with van der Waals surface area (Å²) in [4.78, 5) is 12.1. The number of fused-ring (bicyclic) bond motifs is 1. The number of ether oxygens (including phenoxy) is 1. The van der Waals surface area contributed by atoms with E-state index in [-0.39, 0.29) is 11.6 Å². The molecule has 0 bridgehead atoms. The van der Waals surface area contributed by atoms with Gasteiger partial charge in [-0.05, 0) is 24.3 Å². The van der Waals surface area contributed by atoms with E-state index in [9.17, 15) is 9.18 Å². The normalized spacial score (nSPS) is 16.3. The molecule has 1 heterocycles. The van der Waals surface area contributed by atoms with Crippen LogP contribution in [0.2, 0.25) is 0 Å². The van der Waals surface area contributed by atoms with Crippen molar-refractivity contribution in [2.45, 2.75) is 6.10 Å². The molecule has 0 aromatic heterocycles. The Bertz CT molecular complexity index is 690. The van der Waals surface area contributed by atoms with Gasteiger partial charge in [-0.2, -0.15) is 0 Å². The maximum absolute atomic E-state index is 13.2. The van der Waals surface area contributed by atoms with Crippen LogP contribution in [-0.4, -0.2) is 23.7 Å². The minimum Gasteiger partial charge on any atom is -0.505 e. The topological polar surface area (TPSA) is 70.6 Å². The second kappa shape index (κ2) is 5.32. The molecule has 1 aliphatic rings. The van der Waals surface area contributed by atoms with Gasteiger partial charge in [0.1, 0.15) is 5.75 Å². The summed E-state index contributed by atoms with van der Waals surface area (Å²) < 4.78 is 18.8. The minimum atomic E-state index is -0.791. The molecule has 0 spiro atoms. The first-order valence-electron chi connectivity index (χ1n) is 6.42. The largest absolute Gasteiger partial charge is 0.505 e. The van der Waals surface area contributed by atoms with Crippen LogP contribution in [0.25, 0.3) is 0 Å². The molecule has 0 saturated heterocycles. The first-order chi connectivity index (χ1) is 10.1. The third-order valence-electron chi connectivity index (χ3n) is 3.14. The van der Waals surface area contributed by atoms with Gasteiger partial charge in [-0.15, -0.1) is 0 Å². The van der Waals surface area contributed by atoms with Gasteiger partial charge in [0.05, 0.1) is 12.2 Å². The van der Waals surface area contributed by atoms with Gasteiger partial charge in [-0.1, -0.05) is 12.1 Å². The van der Waals surface area contributed by atoms with E-state index in [0.717, 1.165) is 11.8 Å². The van der Waals surface area contributed by atoms with Gasteiger partial charge in [-0.3, -0.25) is 4.79 Å². The maximum Gasteiger partial charge on any atom is 0.267 e. The van der Waals surface area contributed by atoms with Crippen LogP contribution < -0.4 is 15.4 Å². The summed E-state index contributed by atoms with van der Waals surface area (Å²) in [6.45, 7) is 0.323. The molecule has 3 N–H and O–H groups in total. The molecule has 1 aliphatic heterocycles. The number of phenols is 1. The van der Waals surface area contributed by atoms with Crippen LogP contribution in [0, 0.1) is 5.82 Å². The van der Waals surface area contributed by atoms with Gasteiger partial charge in [-0.25, -0.2) is 4.39 Å². The van der Waals surface area contributed by atoms with Crippen molar-refractivity contribution >= 4 is 17.3 Å². The average Bonchev–Trinajstić information content (AvgIpc) is 2.50. The van der Waals surface area contributed by atoms with E-state index in [1.165, 1.54) is 12.1 Å². The molecule has 1 unspecified atom stereocenters. The Balaban J connectivity index is 1.70. The zero-order valence-electron chi connectivity index (χ0n) is 11.0. The maximum atomic E-state index is 13.2. The number of benzene rings is 2. The number of rotatable bonds is 2. The Morgan fingerprint density at radius 1 is 1.33 bits per heavy atom. The standard InChI is InChI=1S/C15H13FN2O3/c16-10-7-9(5-6-12(10)19)18-15(20)14-8-17-11-3-1-2-4-13(11)21-14/h1-7,14,17,19H,8H2,(H,18,20). The quantitative estimate of drug-likeness (QED) is 0.742. The van der Waals surface area contributed by atoms with Crippen molar-refractivity contribution in [1.82, 2.24) is 0 Å². The summed E-state index contributed by atoms with van der Waals surface area (Å²) in [6, 6.07) is 11.0. The average molecular weight is 288 g/mol. The van der Waals surface area contributed by atoms with Crippen molar-refractivity contribution in [3.8, 4) is 11.5 Å². The number of amides is 1. The van der Waals surface area contributed by atoms with Crippen molar-refractivity contribution in [3.05, 3.63) is 48.3 Å². The predicted molar refractivity (Wildman–Crippen MR) is 76.0 cm³/mol. The second-order valence-corrected chi connectivity index (χ2v) is 4.64.